The molecular formula is C19H19N7. The van der Waals surface area contributed by atoms with Gasteiger partial charge in [0, 0.05) is 24.3 Å². The zero-order chi connectivity index (χ0) is 17.7. The molecule has 0 amide bonds. The number of fused-ring (bicyclic) bond motifs is 1. The Balaban J connectivity index is 1.43. The highest BCUT2D eigenvalue weighted by Gasteiger charge is 2.31. The van der Waals surface area contributed by atoms with Crippen molar-refractivity contribution in [2.75, 3.05) is 18.0 Å². The first-order chi connectivity index (χ1) is 12.7. The Labute approximate surface area is 150 Å². The van der Waals surface area contributed by atoms with E-state index in [0.717, 1.165) is 41.6 Å². The van der Waals surface area contributed by atoms with Crippen LogP contribution in [0.4, 0.5) is 5.82 Å². The Kier molecular flexibility index (Phi) is 3.28. The maximum absolute atomic E-state index is 4.78. The van der Waals surface area contributed by atoms with Crippen LogP contribution in [0.15, 0.2) is 48.5 Å². The van der Waals surface area contributed by atoms with Crippen LogP contribution in [-0.4, -0.2) is 42.7 Å². The first kappa shape index (κ1) is 15.1. The second-order valence-corrected chi connectivity index (χ2v) is 6.78. The Bertz CT molecular complexity index is 1070. The molecule has 7 nitrogen and oxygen atoms in total. The summed E-state index contributed by atoms with van der Waals surface area (Å²) in [6.45, 7) is 5.95. The zero-order valence-corrected chi connectivity index (χ0v) is 14.7. The van der Waals surface area contributed by atoms with Crippen LogP contribution < -0.4 is 4.90 Å². The molecule has 130 valence electrons. The van der Waals surface area contributed by atoms with E-state index in [-0.39, 0.29) is 0 Å². The molecule has 4 heterocycles. The molecule has 1 aromatic carbocycles. The predicted octanol–water partition coefficient (Wildman–Crippen LogP) is 2.67. The summed E-state index contributed by atoms with van der Waals surface area (Å²) in [4.78, 5) is 2.26. The van der Waals surface area contributed by atoms with Crippen LogP contribution in [0.1, 0.15) is 17.4 Å². The van der Waals surface area contributed by atoms with Gasteiger partial charge in [-0.1, -0.05) is 30.3 Å². The fourth-order valence-electron chi connectivity index (χ4n) is 3.53. The number of rotatable bonds is 3. The highest BCUT2D eigenvalue weighted by Crippen LogP contribution is 2.28. The van der Waals surface area contributed by atoms with Crippen LogP contribution in [0.3, 0.4) is 0 Å². The molecule has 0 unspecified atom stereocenters. The summed E-state index contributed by atoms with van der Waals surface area (Å²) >= 11 is 0. The maximum atomic E-state index is 4.78. The van der Waals surface area contributed by atoms with Crippen molar-refractivity contribution < 1.29 is 0 Å². The van der Waals surface area contributed by atoms with Crippen molar-refractivity contribution in [2.45, 2.75) is 19.9 Å². The lowest BCUT2D eigenvalue weighted by molar-refractivity contribution is 0.358. The van der Waals surface area contributed by atoms with Gasteiger partial charge in [0.15, 0.2) is 11.5 Å². The van der Waals surface area contributed by atoms with E-state index < -0.39 is 0 Å². The van der Waals surface area contributed by atoms with Crippen LogP contribution in [0.25, 0.3) is 17.0 Å². The van der Waals surface area contributed by atoms with Gasteiger partial charge >= 0.3 is 0 Å². The summed E-state index contributed by atoms with van der Waals surface area (Å²) in [6, 6.07) is 16.5. The highest BCUT2D eigenvalue weighted by molar-refractivity contribution is 5.59. The van der Waals surface area contributed by atoms with Gasteiger partial charge in [-0.15, -0.1) is 15.3 Å². The fourth-order valence-corrected chi connectivity index (χ4v) is 3.53. The van der Waals surface area contributed by atoms with E-state index >= 15 is 0 Å². The number of benzene rings is 1. The number of hydrogen-bond donors (Lipinski definition) is 0. The minimum atomic E-state index is 0.399. The average molecular weight is 345 g/mol. The topological polar surface area (TPSA) is 64.1 Å². The maximum Gasteiger partial charge on any atom is 0.185 e. The second-order valence-electron chi connectivity index (χ2n) is 6.78. The Hall–Kier alpha value is -3.22. The fraction of sp³-hybridized carbons (Fsp3) is 0.263. The smallest absolute Gasteiger partial charge is 0.185 e. The van der Waals surface area contributed by atoms with Gasteiger partial charge in [0.1, 0.15) is 5.82 Å². The molecule has 5 rings (SSSR count). The van der Waals surface area contributed by atoms with Crippen LogP contribution in [0.5, 0.6) is 0 Å². The normalized spacial score (nSPS) is 14.8. The number of anilines is 1. The van der Waals surface area contributed by atoms with E-state index in [1.54, 1.807) is 0 Å². The van der Waals surface area contributed by atoms with E-state index in [2.05, 4.69) is 37.9 Å². The number of aryl methyl sites for hydroxylation is 2. The molecule has 0 aliphatic carbocycles. The zero-order valence-electron chi connectivity index (χ0n) is 14.7. The predicted molar refractivity (Wildman–Crippen MR) is 99.2 cm³/mol. The van der Waals surface area contributed by atoms with Gasteiger partial charge < -0.3 is 4.90 Å². The average Bonchev–Trinajstić information content (AvgIpc) is 3.17. The Morgan fingerprint density at radius 1 is 0.923 bits per heavy atom. The molecule has 7 heteroatoms. The third kappa shape index (κ3) is 2.35. The molecular weight excluding hydrogens is 326 g/mol. The van der Waals surface area contributed by atoms with E-state index in [1.807, 2.05) is 53.9 Å². The number of nitrogens with zero attached hydrogens (tertiary/aromatic N) is 7. The van der Waals surface area contributed by atoms with Gasteiger partial charge in [0.2, 0.25) is 0 Å². The Morgan fingerprint density at radius 2 is 1.73 bits per heavy atom. The Morgan fingerprint density at radius 3 is 2.46 bits per heavy atom. The standard InChI is InChI=1S/C19H19N7/c1-13-10-14(2)25(22-13)16-11-24(12-16)18-9-8-17-20-21-19(26(17)23-18)15-6-4-3-5-7-15/h3-10,16H,11-12H2,1-2H3. The van der Waals surface area contributed by atoms with Crippen molar-refractivity contribution in [1.29, 1.82) is 0 Å². The molecule has 1 aliphatic heterocycles. The molecule has 0 bridgehead atoms. The molecule has 3 aromatic heterocycles. The summed E-state index contributed by atoms with van der Waals surface area (Å²) in [5.74, 6) is 1.70. The van der Waals surface area contributed by atoms with Crippen LogP contribution in [0.2, 0.25) is 0 Å². The van der Waals surface area contributed by atoms with E-state index in [1.165, 1.54) is 5.69 Å². The van der Waals surface area contributed by atoms with Gasteiger partial charge in [-0.05, 0) is 32.0 Å². The molecule has 0 N–H and O–H groups in total. The number of hydrogen-bond acceptors (Lipinski definition) is 5. The molecule has 4 aromatic rings. The summed E-state index contributed by atoms with van der Waals surface area (Å²) in [5, 5.41) is 17.9. The van der Waals surface area contributed by atoms with Crippen molar-refractivity contribution in [1.82, 2.24) is 29.6 Å². The molecule has 1 fully saturated rings. The van der Waals surface area contributed by atoms with Crippen molar-refractivity contribution in [3.8, 4) is 11.4 Å². The van der Waals surface area contributed by atoms with E-state index in [4.69, 9.17) is 5.10 Å². The lowest BCUT2D eigenvalue weighted by Crippen LogP contribution is -2.49. The van der Waals surface area contributed by atoms with Crippen LogP contribution in [0, 0.1) is 13.8 Å². The molecule has 0 atom stereocenters. The first-order valence-electron chi connectivity index (χ1n) is 8.74. The summed E-state index contributed by atoms with van der Waals surface area (Å²) in [6.07, 6.45) is 0. The molecule has 26 heavy (non-hydrogen) atoms. The first-order valence-corrected chi connectivity index (χ1v) is 8.74. The molecule has 1 saturated heterocycles. The largest absolute Gasteiger partial charge is 0.351 e. The van der Waals surface area contributed by atoms with Crippen molar-refractivity contribution in [2.24, 2.45) is 0 Å². The summed E-state index contributed by atoms with van der Waals surface area (Å²) in [5.41, 5.74) is 4.04. The molecule has 0 saturated carbocycles. The minimum Gasteiger partial charge on any atom is -0.351 e. The quantitative estimate of drug-likeness (QED) is 0.571. The van der Waals surface area contributed by atoms with Gasteiger partial charge in [-0.2, -0.15) is 9.61 Å². The highest BCUT2D eigenvalue weighted by atomic mass is 15.4. The summed E-state index contributed by atoms with van der Waals surface area (Å²) in [7, 11) is 0. The lowest BCUT2D eigenvalue weighted by Gasteiger charge is -2.40. The van der Waals surface area contributed by atoms with Crippen molar-refractivity contribution >= 4 is 11.5 Å². The second kappa shape index (κ2) is 5.66. The third-order valence-electron chi connectivity index (χ3n) is 4.86. The van der Waals surface area contributed by atoms with Gasteiger partial charge in [0.25, 0.3) is 0 Å². The van der Waals surface area contributed by atoms with Gasteiger partial charge in [0.05, 0.1) is 11.7 Å². The molecule has 0 radical (unpaired) electrons. The molecule has 1 aliphatic rings. The lowest BCUT2D eigenvalue weighted by atomic mass is 10.1. The van der Waals surface area contributed by atoms with Gasteiger partial charge in [-0.3, -0.25) is 4.68 Å². The SMILES string of the molecule is Cc1cc(C)n(C2CN(c3ccc4nnc(-c5ccccc5)n4n3)C2)n1. The molecule has 0 spiro atoms. The monoisotopic (exact) mass is 345 g/mol. The van der Waals surface area contributed by atoms with Crippen molar-refractivity contribution in [3.05, 3.63) is 59.9 Å². The minimum absolute atomic E-state index is 0.399. The van der Waals surface area contributed by atoms with E-state index in [0.29, 0.717) is 6.04 Å². The van der Waals surface area contributed by atoms with E-state index in [9.17, 15) is 0 Å². The van der Waals surface area contributed by atoms with Crippen molar-refractivity contribution in [3.63, 3.8) is 0 Å². The van der Waals surface area contributed by atoms with Crippen LogP contribution in [-0.2, 0) is 0 Å². The van der Waals surface area contributed by atoms with Crippen LogP contribution >= 0.6 is 0 Å². The van der Waals surface area contributed by atoms with Gasteiger partial charge in [-0.25, -0.2) is 0 Å². The summed E-state index contributed by atoms with van der Waals surface area (Å²) < 4.78 is 3.94. The number of aromatic nitrogens is 6. The third-order valence-corrected chi connectivity index (χ3v) is 4.86.